The van der Waals surface area contributed by atoms with Crippen LogP contribution in [-0.2, 0) is 4.79 Å². The van der Waals surface area contributed by atoms with Gasteiger partial charge >= 0.3 is 5.97 Å². The van der Waals surface area contributed by atoms with Crippen LogP contribution >= 0.6 is 0 Å². The molecule has 0 heterocycles. The molecule has 0 aromatic rings. The maximum Gasteiger partial charge on any atom is 0.320 e. The number of nitrogens with two attached hydrogens (primary N) is 1. The van der Waals surface area contributed by atoms with E-state index < -0.39 is 12.0 Å². The lowest BCUT2D eigenvalue weighted by atomic mass is 9.90. The van der Waals surface area contributed by atoms with Gasteiger partial charge in [0.2, 0.25) is 0 Å². The number of carbonyl (C=O) groups is 1. The van der Waals surface area contributed by atoms with E-state index in [0.717, 1.165) is 12.8 Å². The lowest BCUT2D eigenvalue weighted by Gasteiger charge is -2.18. The van der Waals surface area contributed by atoms with E-state index in [2.05, 4.69) is 13.8 Å². The first kappa shape index (κ1) is 11.4. The summed E-state index contributed by atoms with van der Waals surface area (Å²) in [6.45, 7) is 6.11. The van der Waals surface area contributed by atoms with Gasteiger partial charge in [0, 0.05) is 0 Å². The van der Waals surface area contributed by atoms with Crippen LogP contribution in [0.3, 0.4) is 0 Å². The van der Waals surface area contributed by atoms with Crippen molar-refractivity contribution in [2.24, 2.45) is 17.6 Å². The summed E-state index contributed by atoms with van der Waals surface area (Å²) in [7, 11) is 0. The summed E-state index contributed by atoms with van der Waals surface area (Å²) >= 11 is 0. The Hall–Kier alpha value is -0.570. The lowest BCUT2D eigenvalue weighted by molar-refractivity contribution is -0.139. The highest BCUT2D eigenvalue weighted by Crippen LogP contribution is 2.16. The highest BCUT2D eigenvalue weighted by Gasteiger charge is 2.20. The topological polar surface area (TPSA) is 63.3 Å². The molecule has 0 radical (unpaired) electrons. The predicted octanol–water partition coefficient (Wildman–Crippen LogP) is 1.47. The van der Waals surface area contributed by atoms with Gasteiger partial charge in [-0.1, -0.05) is 27.2 Å². The van der Waals surface area contributed by atoms with Gasteiger partial charge in [0.25, 0.3) is 0 Å². The quantitative estimate of drug-likeness (QED) is 0.661. The molecule has 12 heavy (non-hydrogen) atoms. The minimum atomic E-state index is -0.897. The Balaban J connectivity index is 3.86. The Morgan fingerprint density at radius 1 is 1.50 bits per heavy atom. The number of rotatable bonds is 5. The smallest absolute Gasteiger partial charge is 0.320 e. The number of carboxylic acid groups (broad SMARTS) is 1. The summed E-state index contributed by atoms with van der Waals surface area (Å²) < 4.78 is 0. The monoisotopic (exact) mass is 173 g/mol. The van der Waals surface area contributed by atoms with Crippen LogP contribution in [-0.4, -0.2) is 17.1 Å². The third-order valence-corrected chi connectivity index (χ3v) is 2.37. The summed E-state index contributed by atoms with van der Waals surface area (Å²) in [4.78, 5) is 10.5. The van der Waals surface area contributed by atoms with E-state index in [1.165, 1.54) is 0 Å². The number of hydrogen-bond acceptors (Lipinski definition) is 2. The summed E-state index contributed by atoms with van der Waals surface area (Å²) in [5.74, 6) is -0.270. The van der Waals surface area contributed by atoms with Crippen molar-refractivity contribution in [1.82, 2.24) is 0 Å². The molecule has 0 aromatic carbocycles. The van der Waals surface area contributed by atoms with E-state index in [-0.39, 0.29) is 5.92 Å². The standard InChI is InChI=1S/C9H19NO2/c1-4-6(2)5-7(3)8(10)9(11)12/h6-8H,4-5,10H2,1-3H3,(H,11,12)/t6?,7?,8-/m0/s1. The summed E-state index contributed by atoms with van der Waals surface area (Å²) in [5.41, 5.74) is 5.46. The van der Waals surface area contributed by atoms with Crippen molar-refractivity contribution in [3.63, 3.8) is 0 Å². The first-order valence-corrected chi connectivity index (χ1v) is 4.47. The van der Waals surface area contributed by atoms with Crippen molar-refractivity contribution in [1.29, 1.82) is 0 Å². The molecule has 0 aliphatic heterocycles. The van der Waals surface area contributed by atoms with Crippen LogP contribution in [0.1, 0.15) is 33.6 Å². The highest BCUT2D eigenvalue weighted by molar-refractivity contribution is 5.73. The first-order valence-electron chi connectivity index (χ1n) is 4.47. The van der Waals surface area contributed by atoms with Crippen LogP contribution in [0.4, 0.5) is 0 Å². The molecule has 0 fully saturated rings. The van der Waals surface area contributed by atoms with Crippen LogP contribution in [0.2, 0.25) is 0 Å². The Morgan fingerprint density at radius 2 is 2.00 bits per heavy atom. The van der Waals surface area contributed by atoms with Crippen LogP contribution < -0.4 is 5.73 Å². The molecule has 0 aliphatic carbocycles. The second-order valence-corrected chi connectivity index (χ2v) is 3.59. The Morgan fingerprint density at radius 3 is 2.33 bits per heavy atom. The summed E-state index contributed by atoms with van der Waals surface area (Å²) in [5, 5.41) is 8.61. The van der Waals surface area contributed by atoms with E-state index >= 15 is 0 Å². The van der Waals surface area contributed by atoms with E-state index in [0.29, 0.717) is 5.92 Å². The minimum absolute atomic E-state index is 0.0671. The van der Waals surface area contributed by atoms with Gasteiger partial charge in [-0.3, -0.25) is 4.79 Å². The summed E-state index contributed by atoms with van der Waals surface area (Å²) in [6.07, 6.45) is 1.97. The summed E-state index contributed by atoms with van der Waals surface area (Å²) in [6, 6.07) is -0.709. The van der Waals surface area contributed by atoms with Gasteiger partial charge in [0.15, 0.2) is 0 Å². The van der Waals surface area contributed by atoms with Crippen LogP contribution in [0.25, 0.3) is 0 Å². The van der Waals surface area contributed by atoms with Crippen molar-refractivity contribution in [2.75, 3.05) is 0 Å². The van der Waals surface area contributed by atoms with Crippen LogP contribution in [0.5, 0.6) is 0 Å². The first-order chi connectivity index (χ1) is 5.49. The molecule has 0 aliphatic rings. The van der Waals surface area contributed by atoms with Crippen LogP contribution in [0.15, 0.2) is 0 Å². The maximum absolute atomic E-state index is 10.5. The molecule has 3 N–H and O–H groups in total. The fourth-order valence-corrected chi connectivity index (χ4v) is 1.19. The Labute approximate surface area is 74.0 Å². The molecule has 72 valence electrons. The molecule has 0 spiro atoms. The number of hydrogen-bond donors (Lipinski definition) is 2. The van der Waals surface area contributed by atoms with Crippen molar-refractivity contribution in [2.45, 2.75) is 39.7 Å². The van der Waals surface area contributed by atoms with Gasteiger partial charge < -0.3 is 10.8 Å². The third-order valence-electron chi connectivity index (χ3n) is 2.37. The molecule has 0 aromatic heterocycles. The van der Waals surface area contributed by atoms with Gasteiger partial charge in [-0.2, -0.15) is 0 Å². The Kier molecular flexibility index (Phi) is 4.90. The molecule has 3 atom stereocenters. The van der Waals surface area contributed by atoms with E-state index in [1.54, 1.807) is 0 Å². The van der Waals surface area contributed by atoms with E-state index in [4.69, 9.17) is 10.8 Å². The normalized spacial score (nSPS) is 18.3. The number of carboxylic acids is 1. The second kappa shape index (κ2) is 5.14. The molecular formula is C9H19NO2. The van der Waals surface area contributed by atoms with Gasteiger partial charge in [-0.25, -0.2) is 0 Å². The molecule has 3 heteroatoms. The molecule has 0 saturated heterocycles. The lowest BCUT2D eigenvalue weighted by Crippen LogP contribution is -2.37. The van der Waals surface area contributed by atoms with Gasteiger partial charge in [0.05, 0.1) is 0 Å². The molecule has 0 saturated carbocycles. The fourth-order valence-electron chi connectivity index (χ4n) is 1.19. The molecule has 0 amide bonds. The van der Waals surface area contributed by atoms with E-state index in [9.17, 15) is 4.79 Å². The largest absolute Gasteiger partial charge is 0.480 e. The van der Waals surface area contributed by atoms with Crippen molar-refractivity contribution in [3.8, 4) is 0 Å². The zero-order valence-corrected chi connectivity index (χ0v) is 8.08. The van der Waals surface area contributed by atoms with Crippen molar-refractivity contribution < 1.29 is 9.90 Å². The average Bonchev–Trinajstić information content (AvgIpc) is 2.02. The Bertz CT molecular complexity index is 147. The van der Waals surface area contributed by atoms with Gasteiger partial charge in [-0.05, 0) is 18.3 Å². The van der Waals surface area contributed by atoms with E-state index in [1.807, 2.05) is 6.92 Å². The molecule has 2 unspecified atom stereocenters. The van der Waals surface area contributed by atoms with Crippen molar-refractivity contribution in [3.05, 3.63) is 0 Å². The fraction of sp³-hybridized carbons (Fsp3) is 0.889. The van der Waals surface area contributed by atoms with Crippen LogP contribution in [0, 0.1) is 11.8 Å². The molecule has 3 nitrogen and oxygen atoms in total. The van der Waals surface area contributed by atoms with Gasteiger partial charge in [-0.15, -0.1) is 0 Å². The minimum Gasteiger partial charge on any atom is -0.480 e. The number of aliphatic carboxylic acids is 1. The van der Waals surface area contributed by atoms with Gasteiger partial charge in [0.1, 0.15) is 6.04 Å². The van der Waals surface area contributed by atoms with Crippen molar-refractivity contribution >= 4 is 5.97 Å². The average molecular weight is 173 g/mol. The zero-order chi connectivity index (χ0) is 9.72. The zero-order valence-electron chi connectivity index (χ0n) is 8.08. The molecule has 0 bridgehead atoms. The third kappa shape index (κ3) is 3.72. The second-order valence-electron chi connectivity index (χ2n) is 3.59. The highest BCUT2D eigenvalue weighted by atomic mass is 16.4. The predicted molar refractivity (Wildman–Crippen MR) is 48.8 cm³/mol. The SMILES string of the molecule is CCC(C)CC(C)[C@H](N)C(=O)O. The maximum atomic E-state index is 10.5. The molecule has 0 rings (SSSR count). The molecular weight excluding hydrogens is 154 g/mol.